The van der Waals surface area contributed by atoms with Crippen molar-refractivity contribution in [3.05, 3.63) is 28.5 Å². The molecular formula is C14H17ClN2O3. The van der Waals surface area contributed by atoms with E-state index in [1.165, 1.54) is 13.3 Å². The Hall–Kier alpha value is -1.62. The third-order valence-corrected chi connectivity index (χ3v) is 3.78. The molecule has 1 aromatic heterocycles. The molecule has 0 unspecified atom stereocenters. The average Bonchev–Trinajstić information content (AvgIpc) is 2.46. The summed E-state index contributed by atoms with van der Waals surface area (Å²) in [6, 6.07) is 1.66. The molecule has 0 saturated carbocycles. The molecule has 1 fully saturated rings. The van der Waals surface area contributed by atoms with Crippen molar-refractivity contribution in [3.8, 4) is 0 Å². The van der Waals surface area contributed by atoms with Crippen molar-refractivity contribution in [2.24, 2.45) is 5.92 Å². The Bertz CT molecular complexity index is 533. The minimum absolute atomic E-state index is 0.184. The summed E-state index contributed by atoms with van der Waals surface area (Å²) in [5.74, 6) is -0.707. The Balaban J connectivity index is 2.14. The molecule has 1 saturated heterocycles. The van der Waals surface area contributed by atoms with Crippen molar-refractivity contribution < 1.29 is 14.3 Å². The zero-order chi connectivity index (χ0) is 14.7. The molecule has 1 aliphatic heterocycles. The molecule has 2 rings (SSSR count). The van der Waals surface area contributed by atoms with Crippen LogP contribution in [0.15, 0.2) is 12.3 Å². The summed E-state index contributed by atoms with van der Waals surface area (Å²) in [5, 5.41) is 0.391. The van der Waals surface area contributed by atoms with E-state index < -0.39 is 0 Å². The number of amides is 1. The topological polar surface area (TPSA) is 59.5 Å². The molecule has 1 amide bonds. The number of ether oxygens (including phenoxy) is 1. The van der Waals surface area contributed by atoms with Crippen molar-refractivity contribution in [1.82, 2.24) is 9.88 Å². The minimum atomic E-state index is -0.268. The molecule has 0 spiro atoms. The summed E-state index contributed by atoms with van der Waals surface area (Å²) in [7, 11) is 1.36. The first kappa shape index (κ1) is 14.8. The van der Waals surface area contributed by atoms with Gasteiger partial charge in [-0.25, -0.2) is 0 Å². The second kappa shape index (κ2) is 6.22. The van der Waals surface area contributed by atoms with E-state index in [1.807, 2.05) is 6.92 Å². The molecule has 2 heterocycles. The summed E-state index contributed by atoms with van der Waals surface area (Å²) in [6.07, 6.45) is 3.01. The molecule has 6 heteroatoms. The van der Waals surface area contributed by atoms with Crippen LogP contribution in [0.25, 0.3) is 0 Å². The van der Waals surface area contributed by atoms with Crippen molar-refractivity contribution in [2.75, 3.05) is 20.2 Å². The highest BCUT2D eigenvalue weighted by molar-refractivity contribution is 6.33. The van der Waals surface area contributed by atoms with Crippen LogP contribution in [0.4, 0.5) is 0 Å². The fourth-order valence-corrected chi connectivity index (χ4v) is 2.66. The lowest BCUT2D eigenvalue weighted by molar-refractivity contribution is -0.146. The van der Waals surface area contributed by atoms with Gasteiger partial charge in [-0.2, -0.15) is 0 Å². The standard InChI is InChI=1S/C14H17ClN2O3/c1-9-6-12(15)11(7-16-9)13(18)17-5-3-4-10(8-17)14(19)20-2/h6-7,10H,3-5,8H2,1-2H3/t10-/m0/s1. The second-order valence-electron chi connectivity index (χ2n) is 4.92. The maximum absolute atomic E-state index is 12.4. The first-order valence-corrected chi connectivity index (χ1v) is 6.90. The summed E-state index contributed by atoms with van der Waals surface area (Å²) >= 11 is 6.09. The second-order valence-corrected chi connectivity index (χ2v) is 5.33. The fourth-order valence-electron chi connectivity index (χ4n) is 2.37. The molecule has 0 radical (unpaired) electrons. The summed E-state index contributed by atoms with van der Waals surface area (Å²) in [4.78, 5) is 29.8. The van der Waals surface area contributed by atoms with Crippen molar-refractivity contribution in [1.29, 1.82) is 0 Å². The monoisotopic (exact) mass is 296 g/mol. The van der Waals surface area contributed by atoms with Crippen LogP contribution in [-0.2, 0) is 9.53 Å². The van der Waals surface area contributed by atoms with E-state index in [1.54, 1.807) is 11.0 Å². The van der Waals surface area contributed by atoms with Crippen LogP contribution in [0.5, 0.6) is 0 Å². The van der Waals surface area contributed by atoms with Gasteiger partial charge >= 0.3 is 5.97 Å². The Morgan fingerprint density at radius 2 is 2.25 bits per heavy atom. The highest BCUT2D eigenvalue weighted by Gasteiger charge is 2.30. The van der Waals surface area contributed by atoms with Gasteiger partial charge in [-0.1, -0.05) is 11.6 Å². The molecule has 1 atom stereocenters. The van der Waals surface area contributed by atoms with E-state index >= 15 is 0 Å². The smallest absolute Gasteiger partial charge is 0.310 e. The predicted molar refractivity (Wildman–Crippen MR) is 74.6 cm³/mol. The van der Waals surface area contributed by atoms with Crippen LogP contribution in [-0.4, -0.2) is 42.0 Å². The fraction of sp³-hybridized carbons (Fsp3) is 0.500. The van der Waals surface area contributed by atoms with Gasteiger partial charge in [0.25, 0.3) is 5.91 Å². The molecule has 20 heavy (non-hydrogen) atoms. The maximum Gasteiger partial charge on any atom is 0.310 e. The first-order chi connectivity index (χ1) is 9.52. The quantitative estimate of drug-likeness (QED) is 0.784. The Morgan fingerprint density at radius 1 is 1.50 bits per heavy atom. The highest BCUT2D eigenvalue weighted by Crippen LogP contribution is 2.23. The van der Waals surface area contributed by atoms with Gasteiger partial charge < -0.3 is 9.64 Å². The molecule has 0 bridgehead atoms. The van der Waals surface area contributed by atoms with Gasteiger partial charge in [-0.3, -0.25) is 14.6 Å². The lowest BCUT2D eigenvalue weighted by atomic mass is 9.97. The predicted octanol–water partition coefficient (Wildman–Crippen LogP) is 2.07. The number of hydrogen-bond acceptors (Lipinski definition) is 4. The van der Waals surface area contributed by atoms with E-state index in [2.05, 4.69) is 4.98 Å². The minimum Gasteiger partial charge on any atom is -0.469 e. The molecule has 0 N–H and O–H groups in total. The number of carbonyl (C=O) groups is 2. The van der Waals surface area contributed by atoms with Gasteiger partial charge in [0, 0.05) is 25.0 Å². The number of rotatable bonds is 2. The van der Waals surface area contributed by atoms with Crippen LogP contribution >= 0.6 is 11.6 Å². The van der Waals surface area contributed by atoms with Gasteiger partial charge in [0.15, 0.2) is 0 Å². The summed E-state index contributed by atoms with van der Waals surface area (Å²) in [6.45, 7) is 2.81. The molecule has 5 nitrogen and oxygen atoms in total. The van der Waals surface area contributed by atoms with Crippen LogP contribution in [0.1, 0.15) is 28.9 Å². The Morgan fingerprint density at radius 3 is 2.90 bits per heavy atom. The van der Waals surface area contributed by atoms with E-state index in [9.17, 15) is 9.59 Å². The summed E-state index contributed by atoms with van der Waals surface area (Å²) in [5.41, 5.74) is 1.14. The van der Waals surface area contributed by atoms with Crippen molar-refractivity contribution >= 4 is 23.5 Å². The number of esters is 1. The normalized spacial score (nSPS) is 18.8. The lowest BCUT2D eigenvalue weighted by Crippen LogP contribution is -2.42. The number of aromatic nitrogens is 1. The number of piperidine rings is 1. The van der Waals surface area contributed by atoms with E-state index in [4.69, 9.17) is 16.3 Å². The third kappa shape index (κ3) is 3.10. The number of likely N-dealkylation sites (tertiary alicyclic amines) is 1. The number of halogens is 1. The van der Waals surface area contributed by atoms with Gasteiger partial charge in [-0.05, 0) is 25.8 Å². The SMILES string of the molecule is COC(=O)[C@H]1CCCN(C(=O)c2cnc(C)cc2Cl)C1. The summed E-state index contributed by atoms with van der Waals surface area (Å²) < 4.78 is 4.75. The van der Waals surface area contributed by atoms with Crippen LogP contribution < -0.4 is 0 Å². The third-order valence-electron chi connectivity index (χ3n) is 3.46. The number of nitrogens with zero attached hydrogens (tertiary/aromatic N) is 2. The number of carbonyl (C=O) groups excluding carboxylic acids is 2. The Kier molecular flexibility index (Phi) is 4.60. The van der Waals surface area contributed by atoms with Crippen LogP contribution in [0, 0.1) is 12.8 Å². The molecule has 108 valence electrons. The largest absolute Gasteiger partial charge is 0.469 e. The molecular weight excluding hydrogens is 280 g/mol. The van der Waals surface area contributed by atoms with Crippen molar-refractivity contribution in [3.63, 3.8) is 0 Å². The lowest BCUT2D eigenvalue weighted by Gasteiger charge is -2.31. The van der Waals surface area contributed by atoms with Gasteiger partial charge in [0.05, 0.1) is 23.6 Å². The van der Waals surface area contributed by atoms with Crippen molar-refractivity contribution in [2.45, 2.75) is 19.8 Å². The number of aryl methyl sites for hydroxylation is 1. The maximum atomic E-state index is 12.4. The highest BCUT2D eigenvalue weighted by atomic mass is 35.5. The van der Waals surface area contributed by atoms with Crippen LogP contribution in [0.2, 0.25) is 5.02 Å². The Labute approximate surface area is 122 Å². The molecule has 1 aliphatic rings. The number of hydrogen-bond donors (Lipinski definition) is 0. The number of methoxy groups -OCH3 is 1. The average molecular weight is 297 g/mol. The van der Waals surface area contributed by atoms with Gasteiger partial charge in [0.1, 0.15) is 0 Å². The van der Waals surface area contributed by atoms with E-state index in [-0.39, 0.29) is 17.8 Å². The molecule has 0 aromatic carbocycles. The molecule has 1 aromatic rings. The molecule has 0 aliphatic carbocycles. The van der Waals surface area contributed by atoms with E-state index in [0.717, 1.165) is 18.5 Å². The van der Waals surface area contributed by atoms with Gasteiger partial charge in [-0.15, -0.1) is 0 Å². The zero-order valence-corrected chi connectivity index (χ0v) is 12.3. The van der Waals surface area contributed by atoms with Crippen LogP contribution in [0.3, 0.4) is 0 Å². The number of pyridine rings is 1. The van der Waals surface area contributed by atoms with Gasteiger partial charge in [0.2, 0.25) is 0 Å². The zero-order valence-electron chi connectivity index (χ0n) is 11.6. The first-order valence-electron chi connectivity index (χ1n) is 6.52. The van der Waals surface area contributed by atoms with E-state index in [0.29, 0.717) is 23.7 Å².